The van der Waals surface area contributed by atoms with Crippen LogP contribution in [0, 0.1) is 11.6 Å². The van der Waals surface area contributed by atoms with Gasteiger partial charge in [0.2, 0.25) is 0 Å². The molecule has 6 heteroatoms. The lowest BCUT2D eigenvalue weighted by atomic mass is 9.98. The maximum Gasteiger partial charge on any atom is 0.303 e. The summed E-state index contributed by atoms with van der Waals surface area (Å²) in [5.41, 5.74) is 4.33. The summed E-state index contributed by atoms with van der Waals surface area (Å²) < 4.78 is 38.6. The molecule has 4 nitrogen and oxygen atoms in total. The molecule has 0 aliphatic rings. The third kappa shape index (κ3) is 8.80. The highest BCUT2D eigenvalue weighted by molar-refractivity contribution is 5.67. The Bertz CT molecular complexity index is 1090. The van der Waals surface area contributed by atoms with Crippen molar-refractivity contribution in [2.24, 2.45) is 0 Å². The van der Waals surface area contributed by atoms with Crippen LogP contribution in [0.1, 0.15) is 48.8 Å². The number of hydrogen-bond acceptors (Lipinski definition) is 3. The van der Waals surface area contributed by atoms with E-state index >= 15 is 0 Å². The van der Waals surface area contributed by atoms with E-state index < -0.39 is 17.6 Å². The molecule has 0 aliphatic heterocycles. The smallest absolute Gasteiger partial charge is 0.303 e. The second-order valence-electron chi connectivity index (χ2n) is 8.63. The molecule has 0 aliphatic carbocycles. The zero-order valence-electron chi connectivity index (χ0n) is 20.1. The van der Waals surface area contributed by atoms with E-state index in [9.17, 15) is 13.6 Å². The number of rotatable bonds is 14. The van der Waals surface area contributed by atoms with Gasteiger partial charge in [-0.3, -0.25) is 4.79 Å². The predicted molar refractivity (Wildman–Crippen MR) is 133 cm³/mol. The first-order valence-electron chi connectivity index (χ1n) is 12.0. The highest BCUT2D eigenvalue weighted by Gasteiger charge is 2.08. The van der Waals surface area contributed by atoms with E-state index in [2.05, 4.69) is 6.07 Å². The Morgan fingerprint density at radius 3 is 2.17 bits per heavy atom. The summed E-state index contributed by atoms with van der Waals surface area (Å²) in [6.45, 7) is 0.915. The fraction of sp³-hybridized carbons (Fsp3) is 0.345. The lowest BCUT2D eigenvalue weighted by molar-refractivity contribution is -0.136. The Hall–Kier alpha value is -3.25. The molecule has 0 aromatic heterocycles. The van der Waals surface area contributed by atoms with Crippen molar-refractivity contribution < 1.29 is 28.2 Å². The highest BCUT2D eigenvalue weighted by atomic mass is 19.1. The Morgan fingerprint density at radius 2 is 1.49 bits per heavy atom. The molecule has 0 amide bonds. The zero-order chi connectivity index (χ0) is 25.0. The van der Waals surface area contributed by atoms with Crippen LogP contribution in [0.2, 0.25) is 0 Å². The number of carboxylic acid groups (broad SMARTS) is 1. The molecule has 0 radical (unpaired) electrons. The summed E-state index contributed by atoms with van der Waals surface area (Å²) in [6, 6.07) is 17.0. The number of methoxy groups -OCH3 is 1. The van der Waals surface area contributed by atoms with Crippen molar-refractivity contribution in [3.8, 4) is 16.9 Å². The maximum absolute atomic E-state index is 13.7. The average molecular weight is 483 g/mol. The molecule has 0 saturated heterocycles. The third-order valence-electron chi connectivity index (χ3n) is 5.81. The van der Waals surface area contributed by atoms with Crippen LogP contribution in [-0.2, 0) is 29.0 Å². The molecule has 0 fully saturated rings. The van der Waals surface area contributed by atoms with Gasteiger partial charge < -0.3 is 14.6 Å². The number of hydrogen-bond donors (Lipinski definition) is 1. The summed E-state index contributed by atoms with van der Waals surface area (Å²) in [5, 5.41) is 8.93. The second-order valence-corrected chi connectivity index (χ2v) is 8.63. The van der Waals surface area contributed by atoms with Gasteiger partial charge >= 0.3 is 5.97 Å². The fourth-order valence-electron chi connectivity index (χ4n) is 4.13. The number of aryl methyl sites for hydroxylation is 2. The minimum atomic E-state index is -0.775. The Balaban J connectivity index is 1.48. The Kier molecular flexibility index (Phi) is 10.2. The fourth-order valence-corrected chi connectivity index (χ4v) is 4.13. The quantitative estimate of drug-likeness (QED) is 0.252. The standard InChI is InChI=1S/C29H32F2O4/c1-34-20-21-14-24(25-16-26(30)19-27(31)17-25)18-28(15-21)35-13-7-3-2-4-8-22-9-5-6-10-23(22)11-12-29(32)33/h5-6,9-10,14-19H,2-4,7-8,11-13,20H2,1H3,(H,32,33). The van der Waals surface area contributed by atoms with Gasteiger partial charge in [-0.2, -0.15) is 0 Å². The van der Waals surface area contributed by atoms with Gasteiger partial charge in [0, 0.05) is 19.6 Å². The van der Waals surface area contributed by atoms with Gasteiger partial charge in [0.05, 0.1) is 13.2 Å². The molecular weight excluding hydrogens is 450 g/mol. The van der Waals surface area contributed by atoms with Crippen molar-refractivity contribution in [3.05, 3.63) is 89.0 Å². The molecule has 186 valence electrons. The van der Waals surface area contributed by atoms with Crippen molar-refractivity contribution >= 4 is 5.97 Å². The zero-order valence-corrected chi connectivity index (χ0v) is 20.1. The molecule has 0 atom stereocenters. The Morgan fingerprint density at radius 1 is 0.829 bits per heavy atom. The molecular formula is C29H32F2O4. The van der Waals surface area contributed by atoms with Crippen molar-refractivity contribution in [1.82, 2.24) is 0 Å². The normalized spacial score (nSPS) is 10.9. The summed E-state index contributed by atoms with van der Waals surface area (Å²) in [6.07, 6.45) is 5.62. The molecule has 3 aromatic carbocycles. The predicted octanol–water partition coefficient (Wildman–Crippen LogP) is 6.98. The van der Waals surface area contributed by atoms with Crippen LogP contribution in [0.3, 0.4) is 0 Å². The van der Waals surface area contributed by atoms with Crippen LogP contribution < -0.4 is 4.74 Å². The number of benzene rings is 3. The minimum absolute atomic E-state index is 0.149. The van der Waals surface area contributed by atoms with E-state index in [0.717, 1.165) is 49.3 Å². The van der Waals surface area contributed by atoms with Crippen LogP contribution in [0.15, 0.2) is 60.7 Å². The van der Waals surface area contributed by atoms with Crippen molar-refractivity contribution in [2.45, 2.75) is 51.6 Å². The van der Waals surface area contributed by atoms with Crippen LogP contribution in [-0.4, -0.2) is 24.8 Å². The topological polar surface area (TPSA) is 55.8 Å². The molecule has 0 bridgehead atoms. The molecule has 0 unspecified atom stereocenters. The summed E-state index contributed by atoms with van der Waals surface area (Å²) in [7, 11) is 1.60. The third-order valence-corrected chi connectivity index (χ3v) is 5.81. The number of aliphatic carboxylic acids is 1. The molecule has 3 rings (SSSR count). The largest absolute Gasteiger partial charge is 0.494 e. The van der Waals surface area contributed by atoms with E-state index in [1.165, 1.54) is 17.7 Å². The SMILES string of the molecule is COCc1cc(OCCCCCCc2ccccc2CCC(=O)O)cc(-c2cc(F)cc(F)c2)c1. The minimum Gasteiger partial charge on any atom is -0.494 e. The lowest BCUT2D eigenvalue weighted by Crippen LogP contribution is -2.01. The summed E-state index contributed by atoms with van der Waals surface area (Å²) in [5.74, 6) is -1.37. The van der Waals surface area contributed by atoms with Crippen molar-refractivity contribution in [3.63, 3.8) is 0 Å². The van der Waals surface area contributed by atoms with Gasteiger partial charge in [-0.1, -0.05) is 37.1 Å². The number of carbonyl (C=O) groups is 1. The first-order valence-corrected chi connectivity index (χ1v) is 12.0. The molecule has 0 spiro atoms. The van der Waals surface area contributed by atoms with E-state index in [1.807, 2.05) is 30.3 Å². The number of carboxylic acids is 1. The molecule has 0 heterocycles. The second kappa shape index (κ2) is 13.6. The van der Waals surface area contributed by atoms with Crippen molar-refractivity contribution in [1.29, 1.82) is 0 Å². The van der Waals surface area contributed by atoms with E-state index in [-0.39, 0.29) is 6.42 Å². The molecule has 0 saturated carbocycles. The number of halogens is 2. The van der Waals surface area contributed by atoms with Gasteiger partial charge in [0.15, 0.2) is 0 Å². The Labute approximate surface area is 205 Å². The number of unbranched alkanes of at least 4 members (excludes halogenated alkanes) is 3. The molecule has 35 heavy (non-hydrogen) atoms. The highest BCUT2D eigenvalue weighted by Crippen LogP contribution is 2.28. The first kappa shape index (κ1) is 26.4. The lowest BCUT2D eigenvalue weighted by Gasteiger charge is -2.12. The number of ether oxygens (including phenoxy) is 2. The van der Waals surface area contributed by atoms with Crippen LogP contribution in [0.4, 0.5) is 8.78 Å². The average Bonchev–Trinajstić information content (AvgIpc) is 2.82. The van der Waals surface area contributed by atoms with Gasteiger partial charge in [-0.15, -0.1) is 0 Å². The first-order chi connectivity index (χ1) is 16.9. The monoisotopic (exact) mass is 482 g/mol. The summed E-state index contributed by atoms with van der Waals surface area (Å²) in [4.78, 5) is 10.9. The van der Waals surface area contributed by atoms with E-state index in [0.29, 0.717) is 36.5 Å². The van der Waals surface area contributed by atoms with Crippen LogP contribution in [0.25, 0.3) is 11.1 Å². The van der Waals surface area contributed by atoms with Gasteiger partial charge in [-0.05, 0) is 83.8 Å². The van der Waals surface area contributed by atoms with Crippen molar-refractivity contribution in [2.75, 3.05) is 13.7 Å². The molecule has 1 N–H and O–H groups in total. The van der Waals surface area contributed by atoms with Gasteiger partial charge in [0.25, 0.3) is 0 Å². The van der Waals surface area contributed by atoms with Crippen LogP contribution >= 0.6 is 0 Å². The van der Waals surface area contributed by atoms with Gasteiger partial charge in [-0.25, -0.2) is 8.78 Å². The maximum atomic E-state index is 13.7. The van der Waals surface area contributed by atoms with Crippen LogP contribution in [0.5, 0.6) is 5.75 Å². The van der Waals surface area contributed by atoms with E-state index in [1.54, 1.807) is 13.2 Å². The van der Waals surface area contributed by atoms with Gasteiger partial charge in [0.1, 0.15) is 17.4 Å². The molecule has 3 aromatic rings. The summed E-state index contributed by atoms with van der Waals surface area (Å²) >= 11 is 0. The van der Waals surface area contributed by atoms with E-state index in [4.69, 9.17) is 14.6 Å².